The fourth-order valence-electron chi connectivity index (χ4n) is 0.577. The summed E-state index contributed by atoms with van der Waals surface area (Å²) in [5.41, 5.74) is 0. The van der Waals surface area contributed by atoms with Gasteiger partial charge in [-0.15, -0.1) is 23.2 Å². The molecule has 2 heteroatoms. The van der Waals surface area contributed by atoms with Crippen molar-refractivity contribution in [1.29, 1.82) is 0 Å². The molecule has 0 rings (SSSR count). The summed E-state index contributed by atoms with van der Waals surface area (Å²) in [6.45, 7) is 1.96. The van der Waals surface area contributed by atoms with Crippen molar-refractivity contribution in [2.24, 2.45) is 0 Å². The quantitative estimate of drug-likeness (QED) is 0.458. The molecule has 0 bridgehead atoms. The summed E-state index contributed by atoms with van der Waals surface area (Å²) >= 11 is 11.2. The van der Waals surface area contributed by atoms with Crippen LogP contribution in [0, 0.1) is 0 Å². The molecule has 0 saturated heterocycles. The van der Waals surface area contributed by atoms with Gasteiger partial charge in [-0.1, -0.05) is 24.3 Å². The first-order valence-electron chi connectivity index (χ1n) is 3.29. The third-order valence-electron chi connectivity index (χ3n) is 1.02. The van der Waals surface area contributed by atoms with E-state index >= 15 is 0 Å². The molecule has 0 aliphatic carbocycles. The highest BCUT2D eigenvalue weighted by atomic mass is 35.5. The maximum atomic E-state index is 5.84. The zero-order chi connectivity index (χ0) is 7.82. The molecule has 10 heavy (non-hydrogen) atoms. The standard InChI is InChI=1S/C8H12Cl2/c1-2-5-8(10)6-3-4-7-9/h2-5,8H,6-7H2,1H3/b4-3-,5-2+. The Morgan fingerprint density at radius 2 is 2.10 bits per heavy atom. The second kappa shape index (κ2) is 7.17. The average Bonchev–Trinajstić information content (AvgIpc) is 1.89. The molecule has 0 amide bonds. The molecule has 0 aliphatic rings. The van der Waals surface area contributed by atoms with Crippen LogP contribution in [0.1, 0.15) is 13.3 Å². The van der Waals surface area contributed by atoms with E-state index in [2.05, 4.69) is 0 Å². The van der Waals surface area contributed by atoms with E-state index in [0.29, 0.717) is 5.88 Å². The van der Waals surface area contributed by atoms with Gasteiger partial charge in [-0.25, -0.2) is 0 Å². The fourth-order valence-corrected chi connectivity index (χ4v) is 0.951. The number of rotatable bonds is 4. The van der Waals surface area contributed by atoms with E-state index in [4.69, 9.17) is 23.2 Å². The van der Waals surface area contributed by atoms with Gasteiger partial charge in [0.25, 0.3) is 0 Å². The van der Waals surface area contributed by atoms with Gasteiger partial charge in [0.1, 0.15) is 0 Å². The lowest BCUT2D eigenvalue weighted by molar-refractivity contribution is 1.05. The predicted octanol–water partition coefficient (Wildman–Crippen LogP) is 3.36. The van der Waals surface area contributed by atoms with E-state index < -0.39 is 0 Å². The van der Waals surface area contributed by atoms with Gasteiger partial charge in [-0.2, -0.15) is 0 Å². The second-order valence-corrected chi connectivity index (χ2v) is 2.77. The zero-order valence-electron chi connectivity index (χ0n) is 6.06. The van der Waals surface area contributed by atoms with Crippen molar-refractivity contribution in [1.82, 2.24) is 0 Å². The van der Waals surface area contributed by atoms with Crippen LogP contribution in [0.15, 0.2) is 24.3 Å². The highest BCUT2D eigenvalue weighted by molar-refractivity contribution is 6.21. The third kappa shape index (κ3) is 6.18. The molecule has 0 heterocycles. The Hall–Kier alpha value is 0.0600. The predicted molar refractivity (Wildman–Crippen MR) is 48.9 cm³/mol. The molecular formula is C8H12Cl2. The Balaban J connectivity index is 3.38. The van der Waals surface area contributed by atoms with Gasteiger partial charge in [-0.3, -0.25) is 0 Å². The molecule has 0 radical (unpaired) electrons. The fraction of sp³-hybridized carbons (Fsp3) is 0.500. The lowest BCUT2D eigenvalue weighted by atomic mass is 10.2. The summed E-state index contributed by atoms with van der Waals surface area (Å²) in [6, 6.07) is 0. The van der Waals surface area contributed by atoms with E-state index in [1.54, 1.807) is 0 Å². The topological polar surface area (TPSA) is 0 Å². The van der Waals surface area contributed by atoms with Gasteiger partial charge < -0.3 is 0 Å². The largest absolute Gasteiger partial charge is 0.122 e. The normalized spacial score (nSPS) is 15.1. The molecule has 1 atom stereocenters. The Morgan fingerprint density at radius 3 is 2.60 bits per heavy atom. The van der Waals surface area contributed by atoms with E-state index in [1.165, 1.54) is 0 Å². The number of allylic oxidation sites excluding steroid dienone is 4. The Kier molecular flexibility index (Phi) is 7.21. The van der Waals surface area contributed by atoms with E-state index in [0.717, 1.165) is 6.42 Å². The van der Waals surface area contributed by atoms with Gasteiger partial charge in [0.15, 0.2) is 0 Å². The summed E-state index contributed by atoms with van der Waals surface area (Å²) in [7, 11) is 0. The molecule has 0 spiro atoms. The summed E-state index contributed by atoms with van der Waals surface area (Å²) in [4.78, 5) is 0. The third-order valence-corrected chi connectivity index (χ3v) is 1.52. The monoisotopic (exact) mass is 178 g/mol. The van der Waals surface area contributed by atoms with Crippen LogP contribution < -0.4 is 0 Å². The number of hydrogen-bond acceptors (Lipinski definition) is 0. The van der Waals surface area contributed by atoms with Gasteiger partial charge in [0, 0.05) is 5.88 Å². The first kappa shape index (κ1) is 10.1. The first-order chi connectivity index (χ1) is 4.81. The van der Waals surface area contributed by atoms with Crippen molar-refractivity contribution >= 4 is 23.2 Å². The van der Waals surface area contributed by atoms with Crippen molar-refractivity contribution in [2.75, 3.05) is 5.88 Å². The van der Waals surface area contributed by atoms with Crippen LogP contribution in [0.5, 0.6) is 0 Å². The maximum Gasteiger partial charge on any atom is 0.0550 e. The highest BCUT2D eigenvalue weighted by Gasteiger charge is 1.92. The van der Waals surface area contributed by atoms with Gasteiger partial charge in [0.05, 0.1) is 5.38 Å². The molecule has 0 aromatic carbocycles. The zero-order valence-corrected chi connectivity index (χ0v) is 7.57. The van der Waals surface area contributed by atoms with E-state index in [-0.39, 0.29) is 5.38 Å². The maximum absolute atomic E-state index is 5.84. The first-order valence-corrected chi connectivity index (χ1v) is 4.26. The Labute approximate surface area is 72.5 Å². The molecule has 0 aromatic heterocycles. The van der Waals surface area contributed by atoms with Gasteiger partial charge >= 0.3 is 0 Å². The number of halogens is 2. The van der Waals surface area contributed by atoms with E-state index in [9.17, 15) is 0 Å². The smallest absolute Gasteiger partial charge is 0.0550 e. The van der Waals surface area contributed by atoms with Crippen molar-refractivity contribution in [3.8, 4) is 0 Å². The molecule has 0 saturated carbocycles. The van der Waals surface area contributed by atoms with Crippen LogP contribution >= 0.6 is 23.2 Å². The molecule has 0 N–H and O–H groups in total. The minimum Gasteiger partial charge on any atom is -0.122 e. The Morgan fingerprint density at radius 1 is 1.40 bits per heavy atom. The molecule has 58 valence electrons. The Bertz CT molecular complexity index is 116. The lowest BCUT2D eigenvalue weighted by Gasteiger charge is -1.95. The molecule has 1 unspecified atom stereocenters. The highest BCUT2D eigenvalue weighted by Crippen LogP contribution is 2.04. The average molecular weight is 179 g/mol. The van der Waals surface area contributed by atoms with Crippen molar-refractivity contribution in [3.05, 3.63) is 24.3 Å². The summed E-state index contributed by atoms with van der Waals surface area (Å²) in [5, 5.41) is 0.115. The summed E-state index contributed by atoms with van der Waals surface area (Å²) in [6.07, 6.45) is 8.66. The second-order valence-electron chi connectivity index (χ2n) is 1.90. The minimum absolute atomic E-state index is 0.115. The van der Waals surface area contributed by atoms with Crippen LogP contribution in [-0.2, 0) is 0 Å². The van der Waals surface area contributed by atoms with Crippen LogP contribution in [-0.4, -0.2) is 11.3 Å². The van der Waals surface area contributed by atoms with Crippen LogP contribution in [0.3, 0.4) is 0 Å². The summed E-state index contributed by atoms with van der Waals surface area (Å²) in [5.74, 6) is 0.569. The lowest BCUT2D eigenvalue weighted by Crippen LogP contribution is -1.88. The van der Waals surface area contributed by atoms with Gasteiger partial charge in [0.2, 0.25) is 0 Å². The molecule has 0 aliphatic heterocycles. The van der Waals surface area contributed by atoms with Gasteiger partial charge in [-0.05, 0) is 13.3 Å². The van der Waals surface area contributed by atoms with E-state index in [1.807, 2.05) is 31.2 Å². The molecular weight excluding hydrogens is 167 g/mol. The molecule has 0 aromatic rings. The number of alkyl halides is 2. The van der Waals surface area contributed by atoms with Crippen molar-refractivity contribution in [3.63, 3.8) is 0 Å². The number of hydrogen-bond donors (Lipinski definition) is 0. The summed E-state index contributed by atoms with van der Waals surface area (Å²) < 4.78 is 0. The molecule has 0 fully saturated rings. The van der Waals surface area contributed by atoms with Crippen LogP contribution in [0.2, 0.25) is 0 Å². The van der Waals surface area contributed by atoms with Crippen LogP contribution in [0.25, 0.3) is 0 Å². The SMILES string of the molecule is C/C=C/C(Cl)C/C=C\CCl. The minimum atomic E-state index is 0.115. The van der Waals surface area contributed by atoms with Crippen molar-refractivity contribution in [2.45, 2.75) is 18.7 Å². The van der Waals surface area contributed by atoms with Crippen LogP contribution in [0.4, 0.5) is 0 Å². The molecule has 0 nitrogen and oxygen atoms in total. The van der Waals surface area contributed by atoms with Crippen molar-refractivity contribution < 1.29 is 0 Å².